The van der Waals surface area contributed by atoms with Crippen molar-refractivity contribution in [2.45, 2.75) is 51.5 Å². The summed E-state index contributed by atoms with van der Waals surface area (Å²) in [5, 5.41) is 3.22. The van der Waals surface area contributed by atoms with Gasteiger partial charge in [-0.2, -0.15) is 0 Å². The van der Waals surface area contributed by atoms with Gasteiger partial charge in [-0.05, 0) is 26.2 Å². The van der Waals surface area contributed by atoms with E-state index in [-0.39, 0.29) is 6.03 Å². The first-order chi connectivity index (χ1) is 12.7. The van der Waals surface area contributed by atoms with Crippen molar-refractivity contribution < 1.29 is 9.53 Å². The molecule has 0 bridgehead atoms. The predicted molar refractivity (Wildman–Crippen MR) is 99.6 cm³/mol. The van der Waals surface area contributed by atoms with E-state index in [4.69, 9.17) is 14.7 Å². The van der Waals surface area contributed by atoms with Crippen LogP contribution in [0.3, 0.4) is 0 Å². The second-order valence-corrected chi connectivity index (χ2v) is 7.54. The van der Waals surface area contributed by atoms with Crippen LogP contribution in [0.2, 0.25) is 0 Å². The number of hydrogen-bond acceptors (Lipinski definition) is 5. The van der Waals surface area contributed by atoms with Gasteiger partial charge in [0.1, 0.15) is 11.6 Å². The Hall–Kier alpha value is -1.89. The standard InChI is InChI=1S/C19H29N5O2/c1-14-20-17-7-9-24(19(25)22-15-4-2-3-5-15)8-6-16(17)18(21-14)23-10-12-26-13-11-23/h15H,2-13H2,1H3,(H,22,25). The summed E-state index contributed by atoms with van der Waals surface area (Å²) in [4.78, 5) is 26.4. The maximum Gasteiger partial charge on any atom is 0.317 e. The molecule has 1 saturated carbocycles. The molecule has 0 aromatic carbocycles. The summed E-state index contributed by atoms with van der Waals surface area (Å²) >= 11 is 0. The van der Waals surface area contributed by atoms with Gasteiger partial charge >= 0.3 is 6.03 Å². The molecule has 1 aromatic heterocycles. The van der Waals surface area contributed by atoms with Gasteiger partial charge in [-0.1, -0.05) is 12.8 Å². The molecule has 2 amide bonds. The fraction of sp³-hybridized carbons (Fsp3) is 0.737. The van der Waals surface area contributed by atoms with E-state index >= 15 is 0 Å². The van der Waals surface area contributed by atoms with Gasteiger partial charge in [-0.25, -0.2) is 14.8 Å². The number of nitrogens with zero attached hydrogens (tertiary/aromatic N) is 4. The van der Waals surface area contributed by atoms with E-state index in [0.29, 0.717) is 6.04 Å². The highest BCUT2D eigenvalue weighted by molar-refractivity contribution is 5.74. The number of fused-ring (bicyclic) bond motifs is 1. The Morgan fingerprint density at radius 2 is 1.81 bits per heavy atom. The Labute approximate surface area is 155 Å². The first-order valence-corrected chi connectivity index (χ1v) is 9.95. The van der Waals surface area contributed by atoms with Crippen LogP contribution in [0, 0.1) is 6.92 Å². The number of aromatic nitrogens is 2. The maximum atomic E-state index is 12.7. The quantitative estimate of drug-likeness (QED) is 0.870. The van der Waals surface area contributed by atoms with Crippen LogP contribution in [0.5, 0.6) is 0 Å². The normalized spacial score (nSPS) is 21.4. The van der Waals surface area contributed by atoms with E-state index in [1.165, 1.54) is 18.4 Å². The summed E-state index contributed by atoms with van der Waals surface area (Å²) in [5.41, 5.74) is 2.32. The van der Waals surface area contributed by atoms with Gasteiger partial charge in [-0.15, -0.1) is 0 Å². The average Bonchev–Trinajstić information content (AvgIpc) is 3.06. The lowest BCUT2D eigenvalue weighted by atomic mass is 10.1. The van der Waals surface area contributed by atoms with Crippen molar-refractivity contribution >= 4 is 11.8 Å². The Morgan fingerprint density at radius 3 is 2.58 bits per heavy atom. The second-order valence-electron chi connectivity index (χ2n) is 7.54. The molecule has 1 aromatic rings. The number of morpholine rings is 1. The third kappa shape index (κ3) is 3.77. The summed E-state index contributed by atoms with van der Waals surface area (Å²) < 4.78 is 5.49. The molecule has 4 rings (SSSR count). The van der Waals surface area contributed by atoms with E-state index in [1.54, 1.807) is 0 Å². The molecule has 1 N–H and O–H groups in total. The Morgan fingerprint density at radius 1 is 1.08 bits per heavy atom. The lowest BCUT2D eigenvalue weighted by molar-refractivity contribution is 0.122. The largest absolute Gasteiger partial charge is 0.378 e. The summed E-state index contributed by atoms with van der Waals surface area (Å²) in [5.74, 6) is 1.86. The summed E-state index contributed by atoms with van der Waals surface area (Å²) in [6.45, 7) is 6.64. The van der Waals surface area contributed by atoms with Crippen molar-refractivity contribution in [2.75, 3.05) is 44.3 Å². The Bertz CT molecular complexity index is 654. The SMILES string of the molecule is Cc1nc2c(c(N3CCOCC3)n1)CCN(C(=O)NC1CCCC1)CC2. The van der Waals surface area contributed by atoms with E-state index < -0.39 is 0 Å². The molecule has 0 spiro atoms. The van der Waals surface area contributed by atoms with E-state index in [1.807, 2.05) is 11.8 Å². The molecule has 26 heavy (non-hydrogen) atoms. The third-order valence-electron chi connectivity index (χ3n) is 5.71. The number of hydrogen-bond donors (Lipinski definition) is 1. The third-order valence-corrected chi connectivity index (χ3v) is 5.71. The minimum Gasteiger partial charge on any atom is -0.378 e. The fourth-order valence-electron chi connectivity index (χ4n) is 4.28. The first-order valence-electron chi connectivity index (χ1n) is 9.95. The average molecular weight is 359 g/mol. The summed E-state index contributed by atoms with van der Waals surface area (Å²) in [6, 6.07) is 0.446. The number of amides is 2. The number of urea groups is 1. The molecule has 2 aliphatic heterocycles. The van der Waals surface area contributed by atoms with Gasteiger partial charge in [0.2, 0.25) is 0 Å². The van der Waals surface area contributed by atoms with E-state index in [2.05, 4.69) is 10.2 Å². The molecule has 7 heteroatoms. The zero-order chi connectivity index (χ0) is 17.9. The van der Waals surface area contributed by atoms with Crippen molar-refractivity contribution in [2.24, 2.45) is 0 Å². The molecule has 1 saturated heterocycles. The zero-order valence-electron chi connectivity index (χ0n) is 15.7. The molecule has 1 aliphatic carbocycles. The molecular formula is C19H29N5O2. The number of aryl methyl sites for hydroxylation is 1. The van der Waals surface area contributed by atoms with Crippen molar-refractivity contribution in [1.82, 2.24) is 20.2 Å². The van der Waals surface area contributed by atoms with Crippen LogP contribution < -0.4 is 10.2 Å². The van der Waals surface area contributed by atoms with Gasteiger partial charge in [0.15, 0.2) is 0 Å². The molecular weight excluding hydrogens is 330 g/mol. The smallest absolute Gasteiger partial charge is 0.317 e. The van der Waals surface area contributed by atoms with Gasteiger partial charge in [0, 0.05) is 44.2 Å². The second kappa shape index (κ2) is 7.78. The molecule has 0 radical (unpaired) electrons. The van der Waals surface area contributed by atoms with Crippen LogP contribution in [0.4, 0.5) is 10.6 Å². The number of anilines is 1. The van der Waals surface area contributed by atoms with Crippen molar-refractivity contribution in [1.29, 1.82) is 0 Å². The zero-order valence-corrected chi connectivity index (χ0v) is 15.7. The van der Waals surface area contributed by atoms with Gasteiger partial charge in [-0.3, -0.25) is 0 Å². The van der Waals surface area contributed by atoms with Gasteiger partial charge in [0.05, 0.1) is 18.9 Å². The van der Waals surface area contributed by atoms with Crippen LogP contribution in [0.1, 0.15) is 42.8 Å². The molecule has 7 nitrogen and oxygen atoms in total. The van der Waals surface area contributed by atoms with E-state index in [9.17, 15) is 4.79 Å². The molecule has 3 aliphatic rings. The van der Waals surface area contributed by atoms with Crippen LogP contribution in [0.25, 0.3) is 0 Å². The van der Waals surface area contributed by atoms with Crippen molar-refractivity contribution in [3.63, 3.8) is 0 Å². The number of rotatable bonds is 2. The first kappa shape index (κ1) is 17.5. The van der Waals surface area contributed by atoms with E-state index in [0.717, 1.165) is 82.4 Å². The topological polar surface area (TPSA) is 70.6 Å². The lowest BCUT2D eigenvalue weighted by Gasteiger charge is -2.30. The van der Waals surface area contributed by atoms with Crippen molar-refractivity contribution in [3.8, 4) is 0 Å². The highest BCUT2D eigenvalue weighted by Crippen LogP contribution is 2.26. The van der Waals surface area contributed by atoms with Crippen molar-refractivity contribution in [3.05, 3.63) is 17.1 Å². The molecule has 3 heterocycles. The summed E-state index contributed by atoms with van der Waals surface area (Å²) in [6.07, 6.45) is 6.31. The van der Waals surface area contributed by atoms with Crippen LogP contribution in [0.15, 0.2) is 0 Å². The lowest BCUT2D eigenvalue weighted by Crippen LogP contribution is -2.45. The predicted octanol–water partition coefficient (Wildman–Crippen LogP) is 1.67. The highest BCUT2D eigenvalue weighted by Gasteiger charge is 2.26. The van der Waals surface area contributed by atoms with Crippen LogP contribution in [-0.2, 0) is 17.6 Å². The minimum atomic E-state index is 0.0855. The van der Waals surface area contributed by atoms with Gasteiger partial charge < -0.3 is 19.9 Å². The Balaban J connectivity index is 1.49. The maximum absolute atomic E-state index is 12.7. The van der Waals surface area contributed by atoms with Gasteiger partial charge in [0.25, 0.3) is 0 Å². The Kier molecular flexibility index (Phi) is 5.24. The highest BCUT2D eigenvalue weighted by atomic mass is 16.5. The molecule has 142 valence electrons. The molecule has 2 fully saturated rings. The fourth-order valence-corrected chi connectivity index (χ4v) is 4.28. The number of nitrogens with one attached hydrogen (secondary N) is 1. The number of carbonyl (C=O) groups excluding carboxylic acids is 1. The molecule has 0 atom stereocenters. The minimum absolute atomic E-state index is 0.0855. The van der Waals surface area contributed by atoms with Crippen LogP contribution >= 0.6 is 0 Å². The number of ether oxygens (including phenoxy) is 1. The number of carbonyl (C=O) groups is 1. The van der Waals surface area contributed by atoms with Crippen LogP contribution in [-0.4, -0.2) is 66.3 Å². The monoisotopic (exact) mass is 359 g/mol. The molecule has 0 unspecified atom stereocenters. The summed E-state index contributed by atoms with van der Waals surface area (Å²) in [7, 11) is 0.